The van der Waals surface area contributed by atoms with Crippen molar-refractivity contribution in [3.05, 3.63) is 41.7 Å². The molecule has 102 valence electrons. The molecule has 0 radical (unpaired) electrons. The van der Waals surface area contributed by atoms with Gasteiger partial charge in [0.15, 0.2) is 5.75 Å². The Hall–Kier alpha value is -2.01. The molecule has 2 aromatic rings. The lowest BCUT2D eigenvalue weighted by Gasteiger charge is -2.15. The number of hydrogen-bond donors (Lipinski definition) is 1. The first-order valence-corrected chi connectivity index (χ1v) is 6.13. The molecule has 0 amide bonds. The lowest BCUT2D eigenvalue weighted by atomic mass is 10.1. The summed E-state index contributed by atoms with van der Waals surface area (Å²) in [5.41, 5.74) is 1.39. The van der Waals surface area contributed by atoms with E-state index < -0.39 is 6.10 Å². The van der Waals surface area contributed by atoms with Crippen molar-refractivity contribution in [1.29, 1.82) is 0 Å². The second kappa shape index (κ2) is 5.75. The molecule has 1 heterocycles. The second-order valence-electron chi connectivity index (χ2n) is 4.09. The highest BCUT2D eigenvalue weighted by Gasteiger charge is 2.21. The Morgan fingerprint density at radius 2 is 2.11 bits per heavy atom. The van der Waals surface area contributed by atoms with Crippen LogP contribution in [0.3, 0.4) is 0 Å². The van der Waals surface area contributed by atoms with Crippen molar-refractivity contribution in [3.63, 3.8) is 0 Å². The average Bonchev–Trinajstić information content (AvgIpc) is 2.89. The molecule has 1 aromatic heterocycles. The first-order valence-electron chi connectivity index (χ1n) is 6.13. The molecule has 1 aromatic carbocycles. The fourth-order valence-electron chi connectivity index (χ4n) is 2.03. The maximum atomic E-state index is 10.5. The number of methoxy groups -OCH3 is 2. The zero-order chi connectivity index (χ0) is 13.8. The summed E-state index contributed by atoms with van der Waals surface area (Å²) in [5, 5.41) is 14.7. The maximum absolute atomic E-state index is 10.5. The van der Waals surface area contributed by atoms with E-state index in [4.69, 9.17) is 9.47 Å². The SMILES string of the molecule is CCn1ncc(OC)c1C(O)c1cccc(OC)c1. The summed E-state index contributed by atoms with van der Waals surface area (Å²) >= 11 is 0. The van der Waals surface area contributed by atoms with E-state index in [2.05, 4.69) is 5.10 Å². The van der Waals surface area contributed by atoms with E-state index >= 15 is 0 Å². The first-order chi connectivity index (χ1) is 9.21. The van der Waals surface area contributed by atoms with Crippen LogP contribution in [-0.4, -0.2) is 29.1 Å². The summed E-state index contributed by atoms with van der Waals surface area (Å²) in [6, 6.07) is 7.33. The zero-order valence-corrected chi connectivity index (χ0v) is 11.3. The predicted octanol–water partition coefficient (Wildman–Crippen LogP) is 2.00. The van der Waals surface area contributed by atoms with E-state index in [1.807, 2.05) is 25.1 Å². The van der Waals surface area contributed by atoms with Gasteiger partial charge in [-0.05, 0) is 24.6 Å². The van der Waals surface area contributed by atoms with Crippen LogP contribution in [0.15, 0.2) is 30.5 Å². The van der Waals surface area contributed by atoms with Crippen LogP contribution in [0.1, 0.15) is 24.3 Å². The lowest BCUT2D eigenvalue weighted by Crippen LogP contribution is -2.10. The summed E-state index contributed by atoms with van der Waals surface area (Å²) in [4.78, 5) is 0. The molecule has 0 bridgehead atoms. The van der Waals surface area contributed by atoms with Crippen molar-refractivity contribution >= 4 is 0 Å². The zero-order valence-electron chi connectivity index (χ0n) is 11.3. The molecule has 1 atom stereocenters. The smallest absolute Gasteiger partial charge is 0.163 e. The molecule has 0 aliphatic heterocycles. The van der Waals surface area contributed by atoms with Gasteiger partial charge >= 0.3 is 0 Å². The van der Waals surface area contributed by atoms with Crippen LogP contribution in [-0.2, 0) is 6.54 Å². The van der Waals surface area contributed by atoms with Crippen LogP contribution in [0.4, 0.5) is 0 Å². The topological polar surface area (TPSA) is 56.5 Å². The van der Waals surface area contributed by atoms with Crippen LogP contribution >= 0.6 is 0 Å². The molecule has 0 aliphatic carbocycles. The highest BCUT2D eigenvalue weighted by molar-refractivity contribution is 5.38. The van der Waals surface area contributed by atoms with Crippen LogP contribution in [0.25, 0.3) is 0 Å². The number of nitrogens with zero attached hydrogens (tertiary/aromatic N) is 2. The van der Waals surface area contributed by atoms with Crippen LogP contribution in [0.5, 0.6) is 11.5 Å². The first kappa shape index (κ1) is 13.4. The summed E-state index contributed by atoms with van der Waals surface area (Å²) in [6.07, 6.45) is 0.815. The van der Waals surface area contributed by atoms with Gasteiger partial charge < -0.3 is 14.6 Å². The number of aryl methyl sites for hydroxylation is 1. The number of aliphatic hydroxyl groups excluding tert-OH is 1. The van der Waals surface area contributed by atoms with Crippen molar-refractivity contribution in [2.75, 3.05) is 14.2 Å². The third-order valence-electron chi connectivity index (χ3n) is 3.03. The fraction of sp³-hybridized carbons (Fsp3) is 0.357. The van der Waals surface area contributed by atoms with Gasteiger partial charge in [-0.2, -0.15) is 5.10 Å². The van der Waals surface area contributed by atoms with Gasteiger partial charge in [-0.15, -0.1) is 0 Å². The van der Waals surface area contributed by atoms with E-state index in [0.717, 1.165) is 5.56 Å². The minimum absolute atomic E-state index is 0.581. The quantitative estimate of drug-likeness (QED) is 0.895. The van der Waals surface area contributed by atoms with Crippen molar-refractivity contribution < 1.29 is 14.6 Å². The molecule has 1 unspecified atom stereocenters. The normalized spacial score (nSPS) is 12.2. The highest BCUT2D eigenvalue weighted by Crippen LogP contribution is 2.31. The Labute approximate surface area is 112 Å². The van der Waals surface area contributed by atoms with E-state index in [1.54, 1.807) is 31.2 Å². The van der Waals surface area contributed by atoms with Gasteiger partial charge in [0.25, 0.3) is 0 Å². The Balaban J connectivity index is 2.42. The predicted molar refractivity (Wildman–Crippen MR) is 71.5 cm³/mol. The van der Waals surface area contributed by atoms with E-state index in [0.29, 0.717) is 23.7 Å². The van der Waals surface area contributed by atoms with Gasteiger partial charge in [-0.3, -0.25) is 4.68 Å². The molecule has 0 saturated heterocycles. The van der Waals surface area contributed by atoms with E-state index in [1.165, 1.54) is 0 Å². The van der Waals surface area contributed by atoms with Gasteiger partial charge in [0, 0.05) is 6.54 Å². The summed E-state index contributed by atoms with van der Waals surface area (Å²) in [5.74, 6) is 1.29. The Morgan fingerprint density at radius 1 is 1.32 bits per heavy atom. The number of rotatable bonds is 5. The molecule has 0 spiro atoms. The molecule has 19 heavy (non-hydrogen) atoms. The third-order valence-corrected chi connectivity index (χ3v) is 3.03. The monoisotopic (exact) mass is 262 g/mol. The van der Waals surface area contributed by atoms with Crippen molar-refractivity contribution in [1.82, 2.24) is 9.78 Å². The minimum atomic E-state index is -0.799. The summed E-state index contributed by atoms with van der Waals surface area (Å²) < 4.78 is 12.1. The van der Waals surface area contributed by atoms with Gasteiger partial charge in [0.2, 0.25) is 0 Å². The molecule has 0 fully saturated rings. The number of aliphatic hydroxyl groups is 1. The molecule has 0 saturated carbocycles. The Bertz CT molecular complexity index is 530. The van der Waals surface area contributed by atoms with Gasteiger partial charge in [-0.25, -0.2) is 0 Å². The minimum Gasteiger partial charge on any atom is -0.497 e. The maximum Gasteiger partial charge on any atom is 0.163 e. The number of benzene rings is 1. The molecule has 5 heteroatoms. The van der Waals surface area contributed by atoms with Crippen LogP contribution in [0.2, 0.25) is 0 Å². The lowest BCUT2D eigenvalue weighted by molar-refractivity contribution is 0.202. The molecule has 5 nitrogen and oxygen atoms in total. The number of hydrogen-bond acceptors (Lipinski definition) is 4. The fourth-order valence-corrected chi connectivity index (χ4v) is 2.03. The van der Waals surface area contributed by atoms with Crippen molar-refractivity contribution in [3.8, 4) is 11.5 Å². The number of aromatic nitrogens is 2. The molecule has 2 rings (SSSR count). The second-order valence-corrected chi connectivity index (χ2v) is 4.09. The highest BCUT2D eigenvalue weighted by atomic mass is 16.5. The number of ether oxygens (including phenoxy) is 2. The average molecular weight is 262 g/mol. The molecule has 1 N–H and O–H groups in total. The van der Waals surface area contributed by atoms with Crippen LogP contribution < -0.4 is 9.47 Å². The molecule has 0 aliphatic rings. The summed E-state index contributed by atoms with van der Waals surface area (Å²) in [7, 11) is 3.17. The van der Waals surface area contributed by atoms with Crippen molar-refractivity contribution in [2.24, 2.45) is 0 Å². The standard InChI is InChI=1S/C14H18N2O3/c1-4-16-13(12(19-3)9-15-16)14(17)10-6-5-7-11(8-10)18-2/h5-9,14,17H,4H2,1-3H3. The van der Waals surface area contributed by atoms with Gasteiger partial charge in [0.05, 0.1) is 20.4 Å². The summed E-state index contributed by atoms with van der Waals surface area (Å²) in [6.45, 7) is 2.63. The third kappa shape index (κ3) is 2.56. The van der Waals surface area contributed by atoms with Crippen molar-refractivity contribution in [2.45, 2.75) is 19.6 Å². The Morgan fingerprint density at radius 3 is 2.74 bits per heavy atom. The van der Waals surface area contributed by atoms with E-state index in [-0.39, 0.29) is 0 Å². The molecular formula is C14H18N2O3. The van der Waals surface area contributed by atoms with Crippen LogP contribution in [0, 0.1) is 0 Å². The largest absolute Gasteiger partial charge is 0.497 e. The van der Waals surface area contributed by atoms with Gasteiger partial charge in [0.1, 0.15) is 17.5 Å². The molecular weight excluding hydrogens is 244 g/mol. The Kier molecular flexibility index (Phi) is 4.06. The van der Waals surface area contributed by atoms with E-state index in [9.17, 15) is 5.11 Å². The van der Waals surface area contributed by atoms with Gasteiger partial charge in [-0.1, -0.05) is 12.1 Å².